The SMILES string of the molecule is COc1ccc(Cl)cc1C(=O)OCC(=O)c1cc2ccccc2o1. The molecule has 0 aliphatic heterocycles. The fourth-order valence-corrected chi connectivity index (χ4v) is 2.41. The molecule has 0 unspecified atom stereocenters. The van der Waals surface area contributed by atoms with E-state index in [0.717, 1.165) is 5.39 Å². The molecule has 3 rings (SSSR count). The number of carbonyl (C=O) groups excluding carboxylic acids is 2. The van der Waals surface area contributed by atoms with Crippen molar-refractivity contribution in [3.63, 3.8) is 0 Å². The van der Waals surface area contributed by atoms with Crippen LogP contribution in [0.2, 0.25) is 5.02 Å². The molecule has 24 heavy (non-hydrogen) atoms. The van der Waals surface area contributed by atoms with Gasteiger partial charge >= 0.3 is 5.97 Å². The lowest BCUT2D eigenvalue weighted by Crippen LogP contribution is -2.14. The topological polar surface area (TPSA) is 65.7 Å². The lowest BCUT2D eigenvalue weighted by molar-refractivity contribution is 0.0465. The Bertz CT molecular complexity index is 880. The Balaban J connectivity index is 1.72. The van der Waals surface area contributed by atoms with Crippen molar-refractivity contribution < 1.29 is 23.5 Å². The molecule has 6 heteroatoms. The summed E-state index contributed by atoms with van der Waals surface area (Å²) in [7, 11) is 1.43. The molecule has 1 heterocycles. The molecule has 0 aliphatic rings. The third kappa shape index (κ3) is 3.26. The van der Waals surface area contributed by atoms with Crippen molar-refractivity contribution in [2.24, 2.45) is 0 Å². The van der Waals surface area contributed by atoms with Crippen molar-refractivity contribution in [1.82, 2.24) is 0 Å². The zero-order valence-electron chi connectivity index (χ0n) is 12.7. The second kappa shape index (κ2) is 6.76. The molecule has 2 aromatic carbocycles. The van der Waals surface area contributed by atoms with E-state index < -0.39 is 18.4 Å². The average Bonchev–Trinajstić information content (AvgIpc) is 3.03. The van der Waals surface area contributed by atoms with E-state index in [0.29, 0.717) is 16.4 Å². The molecule has 3 aromatic rings. The molecular formula is C18H13ClO5. The maximum Gasteiger partial charge on any atom is 0.342 e. The van der Waals surface area contributed by atoms with Crippen LogP contribution in [0, 0.1) is 0 Å². The normalized spacial score (nSPS) is 10.6. The van der Waals surface area contributed by atoms with Gasteiger partial charge in [0.1, 0.15) is 16.9 Å². The number of halogens is 1. The first-order valence-corrected chi connectivity index (χ1v) is 7.48. The van der Waals surface area contributed by atoms with Gasteiger partial charge in [0, 0.05) is 10.4 Å². The molecule has 0 atom stereocenters. The average molecular weight is 345 g/mol. The zero-order chi connectivity index (χ0) is 17.1. The van der Waals surface area contributed by atoms with Crippen LogP contribution in [-0.4, -0.2) is 25.5 Å². The number of methoxy groups -OCH3 is 1. The summed E-state index contributed by atoms with van der Waals surface area (Å²) in [6, 6.07) is 13.4. The number of para-hydroxylation sites is 1. The molecule has 0 radical (unpaired) electrons. The fourth-order valence-electron chi connectivity index (χ4n) is 2.24. The van der Waals surface area contributed by atoms with Crippen LogP contribution in [0.5, 0.6) is 5.75 Å². The lowest BCUT2D eigenvalue weighted by Gasteiger charge is -2.08. The zero-order valence-corrected chi connectivity index (χ0v) is 13.5. The van der Waals surface area contributed by atoms with E-state index in [1.165, 1.54) is 13.2 Å². The second-order valence-electron chi connectivity index (χ2n) is 4.99. The maximum atomic E-state index is 12.1. The molecule has 0 fully saturated rings. The molecule has 1 aromatic heterocycles. The largest absolute Gasteiger partial charge is 0.496 e. The number of hydrogen-bond donors (Lipinski definition) is 0. The summed E-state index contributed by atoms with van der Waals surface area (Å²) >= 11 is 5.88. The summed E-state index contributed by atoms with van der Waals surface area (Å²) in [5, 5.41) is 1.18. The van der Waals surface area contributed by atoms with Crippen molar-refractivity contribution in [1.29, 1.82) is 0 Å². The number of carbonyl (C=O) groups is 2. The quantitative estimate of drug-likeness (QED) is 0.514. The van der Waals surface area contributed by atoms with Crippen LogP contribution in [0.1, 0.15) is 20.9 Å². The Hall–Kier alpha value is -2.79. The van der Waals surface area contributed by atoms with Gasteiger partial charge in [0.25, 0.3) is 0 Å². The summed E-state index contributed by atoms with van der Waals surface area (Å²) in [5.74, 6) is -0.665. The molecule has 5 nitrogen and oxygen atoms in total. The number of ether oxygens (including phenoxy) is 2. The van der Waals surface area contributed by atoms with Gasteiger partial charge in [-0.05, 0) is 30.3 Å². The van der Waals surface area contributed by atoms with Gasteiger partial charge in [0.2, 0.25) is 5.78 Å². The van der Waals surface area contributed by atoms with Crippen LogP contribution in [0.25, 0.3) is 11.0 Å². The van der Waals surface area contributed by atoms with Crippen molar-refractivity contribution in [3.8, 4) is 5.75 Å². The Morgan fingerprint density at radius 2 is 1.92 bits per heavy atom. The van der Waals surface area contributed by atoms with Gasteiger partial charge in [-0.25, -0.2) is 4.79 Å². The molecular weight excluding hydrogens is 332 g/mol. The summed E-state index contributed by atoms with van der Waals surface area (Å²) in [4.78, 5) is 24.3. The van der Waals surface area contributed by atoms with Crippen molar-refractivity contribution in [3.05, 3.63) is 64.9 Å². The summed E-state index contributed by atoms with van der Waals surface area (Å²) in [5.41, 5.74) is 0.756. The van der Waals surface area contributed by atoms with Gasteiger partial charge in [0.05, 0.1) is 7.11 Å². The van der Waals surface area contributed by atoms with Gasteiger partial charge < -0.3 is 13.9 Å². The highest BCUT2D eigenvalue weighted by Crippen LogP contribution is 2.24. The van der Waals surface area contributed by atoms with Crippen LogP contribution in [0.3, 0.4) is 0 Å². The summed E-state index contributed by atoms with van der Waals surface area (Å²) in [6.07, 6.45) is 0. The second-order valence-corrected chi connectivity index (χ2v) is 5.43. The number of rotatable bonds is 5. The standard InChI is InChI=1S/C18H13ClO5/c1-22-16-7-6-12(19)9-13(16)18(21)23-10-14(20)17-8-11-4-2-3-5-15(11)24-17/h2-9H,10H2,1H3. The van der Waals surface area contributed by atoms with Crippen LogP contribution < -0.4 is 4.74 Å². The first kappa shape index (κ1) is 16.1. The molecule has 0 amide bonds. The van der Waals surface area contributed by atoms with E-state index in [4.69, 9.17) is 25.5 Å². The van der Waals surface area contributed by atoms with Crippen LogP contribution in [-0.2, 0) is 4.74 Å². The highest BCUT2D eigenvalue weighted by molar-refractivity contribution is 6.31. The maximum absolute atomic E-state index is 12.1. The Labute approximate surface area is 142 Å². The van der Waals surface area contributed by atoms with Crippen molar-refractivity contribution in [2.45, 2.75) is 0 Å². The van der Waals surface area contributed by atoms with Crippen molar-refractivity contribution in [2.75, 3.05) is 13.7 Å². The number of esters is 1. The Morgan fingerprint density at radius 1 is 1.12 bits per heavy atom. The number of furan rings is 1. The number of benzene rings is 2. The van der Waals surface area contributed by atoms with E-state index in [1.807, 2.05) is 18.2 Å². The van der Waals surface area contributed by atoms with Crippen LogP contribution in [0.4, 0.5) is 0 Å². The number of hydrogen-bond acceptors (Lipinski definition) is 5. The highest BCUT2D eigenvalue weighted by Gasteiger charge is 2.18. The third-order valence-corrected chi connectivity index (χ3v) is 3.65. The number of fused-ring (bicyclic) bond motifs is 1. The smallest absolute Gasteiger partial charge is 0.342 e. The van der Waals surface area contributed by atoms with E-state index in [9.17, 15) is 9.59 Å². The van der Waals surface area contributed by atoms with Crippen LogP contribution in [0.15, 0.2) is 52.9 Å². The number of ketones is 1. The lowest BCUT2D eigenvalue weighted by atomic mass is 10.2. The predicted molar refractivity (Wildman–Crippen MR) is 88.8 cm³/mol. The van der Waals surface area contributed by atoms with Gasteiger partial charge in [-0.1, -0.05) is 29.8 Å². The van der Waals surface area contributed by atoms with Gasteiger partial charge in [-0.2, -0.15) is 0 Å². The summed E-state index contributed by atoms with van der Waals surface area (Å²) < 4.78 is 15.6. The predicted octanol–water partition coefficient (Wildman–Crippen LogP) is 4.13. The van der Waals surface area contributed by atoms with Gasteiger partial charge in [-0.15, -0.1) is 0 Å². The third-order valence-electron chi connectivity index (χ3n) is 3.42. The van der Waals surface area contributed by atoms with Gasteiger partial charge in [0.15, 0.2) is 12.4 Å². The van der Waals surface area contributed by atoms with Gasteiger partial charge in [-0.3, -0.25) is 4.79 Å². The van der Waals surface area contributed by atoms with E-state index in [-0.39, 0.29) is 11.3 Å². The first-order valence-electron chi connectivity index (χ1n) is 7.11. The van der Waals surface area contributed by atoms with E-state index in [1.54, 1.807) is 24.3 Å². The first-order chi connectivity index (χ1) is 11.6. The highest BCUT2D eigenvalue weighted by atomic mass is 35.5. The fraction of sp³-hybridized carbons (Fsp3) is 0.111. The molecule has 0 bridgehead atoms. The van der Waals surface area contributed by atoms with Crippen molar-refractivity contribution >= 4 is 34.3 Å². The van der Waals surface area contributed by atoms with Crippen LogP contribution >= 0.6 is 11.6 Å². The molecule has 0 saturated heterocycles. The number of Topliss-reactive ketones (excluding diaryl/α,β-unsaturated/α-hetero) is 1. The molecule has 122 valence electrons. The molecule has 0 N–H and O–H groups in total. The van der Waals surface area contributed by atoms with E-state index in [2.05, 4.69) is 0 Å². The monoisotopic (exact) mass is 344 g/mol. The summed E-state index contributed by atoms with van der Waals surface area (Å²) in [6.45, 7) is -0.436. The minimum Gasteiger partial charge on any atom is -0.496 e. The van der Waals surface area contributed by atoms with E-state index >= 15 is 0 Å². The molecule has 0 spiro atoms. The minimum atomic E-state index is -0.696. The molecule has 0 aliphatic carbocycles. The minimum absolute atomic E-state index is 0.141. The molecule has 0 saturated carbocycles. The Kier molecular flexibility index (Phi) is 4.53. The Morgan fingerprint density at radius 3 is 2.67 bits per heavy atom.